The van der Waals surface area contributed by atoms with Crippen LogP contribution in [0.5, 0.6) is 17.2 Å². The first-order valence-electron chi connectivity index (χ1n) is 16.8. The van der Waals surface area contributed by atoms with E-state index in [0.717, 1.165) is 17.2 Å². The maximum absolute atomic E-state index is 12.8. The molecule has 3 rings (SSSR count). The van der Waals surface area contributed by atoms with Crippen LogP contribution in [0, 0.1) is 0 Å². The van der Waals surface area contributed by atoms with Crippen LogP contribution in [-0.4, -0.2) is 64.5 Å². The molecule has 0 saturated carbocycles. The highest BCUT2D eigenvalue weighted by Gasteiger charge is 2.93. The molecule has 3 aromatic carbocycles. The number of halogens is 15. The lowest BCUT2D eigenvalue weighted by Crippen LogP contribution is -2.74. The molecule has 0 amide bonds. The van der Waals surface area contributed by atoms with Crippen molar-refractivity contribution in [3.8, 4) is 17.2 Å². The van der Waals surface area contributed by atoms with E-state index >= 15 is 0 Å². The van der Waals surface area contributed by atoms with E-state index < -0.39 is 47.7 Å². The molecule has 0 aliphatic rings. The zero-order chi connectivity index (χ0) is 46.2. The Labute approximate surface area is 332 Å². The molecule has 0 spiro atoms. The molecule has 0 saturated heterocycles. The number of hydrogen-bond acceptors (Lipinski definition) is 5. The molecular formula is C38H39F15O5S. The number of aliphatic carboxylic acids is 1. The normalized spacial score (nSPS) is 14.1. The van der Waals surface area contributed by atoms with Crippen molar-refractivity contribution in [1.29, 1.82) is 0 Å². The highest BCUT2D eigenvalue weighted by atomic mass is 32.2. The summed E-state index contributed by atoms with van der Waals surface area (Å²) in [5.74, 6) is -50.7. The largest absolute Gasteiger partial charge is 0.544 e. The minimum atomic E-state index is -8.50. The highest BCUT2D eigenvalue weighted by molar-refractivity contribution is 7.97. The van der Waals surface area contributed by atoms with E-state index in [4.69, 9.17) is 14.2 Å². The van der Waals surface area contributed by atoms with E-state index in [9.17, 15) is 75.8 Å². The number of benzene rings is 3. The van der Waals surface area contributed by atoms with E-state index in [1.165, 1.54) is 14.7 Å². The van der Waals surface area contributed by atoms with Crippen LogP contribution in [0.3, 0.4) is 0 Å². The van der Waals surface area contributed by atoms with Crippen molar-refractivity contribution in [3.05, 3.63) is 72.8 Å². The summed E-state index contributed by atoms with van der Waals surface area (Å²) in [4.78, 5) is 13.3. The third kappa shape index (κ3) is 11.4. The molecule has 0 aliphatic carbocycles. The second-order valence-electron chi connectivity index (χ2n) is 15.6. The third-order valence-corrected chi connectivity index (χ3v) is 9.27. The number of carbonyl (C=O) groups excluding carboxylic acids is 1. The predicted octanol–water partition coefficient (Wildman–Crippen LogP) is 11.4. The van der Waals surface area contributed by atoms with Crippen molar-refractivity contribution in [2.75, 3.05) is 0 Å². The number of alkyl halides is 15. The van der Waals surface area contributed by atoms with Crippen LogP contribution in [0.15, 0.2) is 87.5 Å². The molecule has 0 aromatic heterocycles. The fraction of sp³-hybridized carbons (Fsp3) is 0.500. The van der Waals surface area contributed by atoms with Gasteiger partial charge in [-0.15, -0.1) is 0 Å². The number of carbonyl (C=O) groups is 1. The van der Waals surface area contributed by atoms with Gasteiger partial charge in [0.05, 0.1) is 10.9 Å². The molecule has 5 nitrogen and oxygen atoms in total. The Morgan fingerprint density at radius 1 is 0.407 bits per heavy atom. The Bertz CT molecular complexity index is 1720. The van der Waals surface area contributed by atoms with E-state index in [1.54, 1.807) is 0 Å². The third-order valence-electron chi connectivity index (χ3n) is 7.03. The Kier molecular flexibility index (Phi) is 14.4. The van der Waals surface area contributed by atoms with Crippen LogP contribution < -0.4 is 19.3 Å². The van der Waals surface area contributed by atoms with Crippen molar-refractivity contribution in [2.24, 2.45) is 0 Å². The Balaban J connectivity index is 0.000000429. The quantitative estimate of drug-likeness (QED) is 0.134. The van der Waals surface area contributed by atoms with Gasteiger partial charge in [-0.2, -0.15) is 65.9 Å². The molecule has 0 aliphatic heterocycles. The highest BCUT2D eigenvalue weighted by Crippen LogP contribution is 2.62. The molecule has 0 radical (unpaired) electrons. The van der Waals surface area contributed by atoms with E-state index in [1.807, 2.05) is 0 Å². The lowest BCUT2D eigenvalue weighted by atomic mass is 9.91. The van der Waals surface area contributed by atoms with Gasteiger partial charge in [0.25, 0.3) is 0 Å². The van der Waals surface area contributed by atoms with Gasteiger partial charge in [-0.3, -0.25) is 0 Å². The van der Waals surface area contributed by atoms with E-state index in [0.29, 0.717) is 0 Å². The van der Waals surface area contributed by atoms with Crippen LogP contribution >= 0.6 is 0 Å². The van der Waals surface area contributed by atoms with Crippen molar-refractivity contribution in [1.82, 2.24) is 0 Å². The van der Waals surface area contributed by atoms with Gasteiger partial charge in [0.1, 0.15) is 40.0 Å². The fourth-order valence-corrected chi connectivity index (χ4v) is 6.54. The second kappa shape index (κ2) is 16.7. The summed E-state index contributed by atoms with van der Waals surface area (Å²) in [6.07, 6.45) is -7.71. The molecule has 0 heterocycles. The molecule has 21 heteroatoms. The second-order valence-corrected chi connectivity index (χ2v) is 17.6. The summed E-state index contributed by atoms with van der Waals surface area (Å²) in [6, 6.07) is 25.4. The van der Waals surface area contributed by atoms with Crippen LogP contribution in [0.1, 0.15) is 62.3 Å². The number of hydrogen-bond donors (Lipinski definition) is 0. The molecule has 0 atom stereocenters. The molecular weight excluding hydrogens is 853 g/mol. The van der Waals surface area contributed by atoms with Crippen LogP contribution in [0.25, 0.3) is 0 Å². The lowest BCUT2D eigenvalue weighted by molar-refractivity contribution is -0.454. The minimum absolute atomic E-state index is 0.227. The summed E-state index contributed by atoms with van der Waals surface area (Å²) in [7, 11) is -0.276. The topological polar surface area (TPSA) is 67.8 Å². The fourth-order valence-electron chi connectivity index (χ4n) is 4.50. The SMILES string of the molecule is CC(C)(C)Oc1ccc([S+](c2ccc(OC(C)(C)C)cc2)c2ccc(OC(C)(C)C)cc2)cc1.O=C([O-])C(F)(F)C(F)(F)C(F)(F)C(F)(F)C(F)(F)C(F)(F)C(F)(F)F. The van der Waals surface area contributed by atoms with Gasteiger partial charge in [0.15, 0.2) is 14.7 Å². The van der Waals surface area contributed by atoms with Crippen molar-refractivity contribution < 1.29 is 90.0 Å². The van der Waals surface area contributed by atoms with Gasteiger partial charge in [0, 0.05) is 0 Å². The first kappa shape index (κ1) is 51.0. The smallest absolute Gasteiger partial charge is 0.460 e. The number of carboxylic acid groups (broad SMARTS) is 1. The molecule has 3 aromatic rings. The van der Waals surface area contributed by atoms with Crippen LogP contribution in [0.4, 0.5) is 65.9 Å². The molecule has 0 fully saturated rings. The van der Waals surface area contributed by atoms with Gasteiger partial charge < -0.3 is 24.1 Å². The summed E-state index contributed by atoms with van der Waals surface area (Å²) < 4.78 is 204. The number of rotatable bonds is 12. The van der Waals surface area contributed by atoms with Crippen LogP contribution in [0.2, 0.25) is 0 Å². The average Bonchev–Trinajstić information content (AvgIpc) is 3.04. The average molecular weight is 893 g/mol. The molecule has 332 valence electrons. The van der Waals surface area contributed by atoms with Gasteiger partial charge in [0.2, 0.25) is 0 Å². The van der Waals surface area contributed by atoms with Gasteiger partial charge in [-0.1, -0.05) is 0 Å². The molecule has 0 N–H and O–H groups in total. The minimum Gasteiger partial charge on any atom is -0.544 e. The molecule has 0 bridgehead atoms. The summed E-state index contributed by atoms with van der Waals surface area (Å²) in [5, 5.41) is 9.61. The number of ether oxygens (including phenoxy) is 3. The van der Waals surface area contributed by atoms with Crippen molar-refractivity contribution >= 4 is 16.9 Å². The molecule has 0 unspecified atom stereocenters. The maximum atomic E-state index is 12.8. The van der Waals surface area contributed by atoms with Crippen molar-refractivity contribution in [2.45, 2.75) is 136 Å². The Hall–Kier alpha value is -4.17. The van der Waals surface area contributed by atoms with Gasteiger partial charge in [-0.05, 0) is 135 Å². The standard InChI is InChI=1S/C30H39O3S.C8HF15O2/c1-28(2,3)31-22-10-16-25(17-11-22)34(26-18-12-23(13-19-26)32-29(4,5)6)27-20-14-24(15-21-27)33-30(7,8)9;9-2(10,1(24)25)3(11,12)4(13,14)5(15,16)6(17,18)7(19,20)8(21,22)23/h10-21H,1-9H3;(H,24,25)/q+1;/p-1. The monoisotopic (exact) mass is 892 g/mol. The first-order chi connectivity index (χ1) is 26.1. The summed E-state index contributed by atoms with van der Waals surface area (Å²) in [5.41, 5.74) is -0.682. The van der Waals surface area contributed by atoms with Gasteiger partial charge >= 0.3 is 41.7 Å². The summed E-state index contributed by atoms with van der Waals surface area (Å²) in [6.45, 7) is 18.6. The van der Waals surface area contributed by atoms with E-state index in [-0.39, 0.29) is 27.7 Å². The summed E-state index contributed by atoms with van der Waals surface area (Å²) >= 11 is 0. The Morgan fingerprint density at radius 2 is 0.627 bits per heavy atom. The van der Waals surface area contributed by atoms with Gasteiger partial charge in [-0.25, -0.2) is 0 Å². The van der Waals surface area contributed by atoms with Crippen LogP contribution in [-0.2, 0) is 15.7 Å². The Morgan fingerprint density at radius 3 is 0.831 bits per heavy atom. The van der Waals surface area contributed by atoms with E-state index in [2.05, 4.69) is 135 Å². The predicted molar refractivity (Wildman–Crippen MR) is 183 cm³/mol. The first-order valence-corrected chi connectivity index (χ1v) is 18.0. The zero-order valence-corrected chi connectivity index (χ0v) is 33.4. The maximum Gasteiger partial charge on any atom is 0.460 e. The lowest BCUT2D eigenvalue weighted by Gasteiger charge is -2.41. The number of carboxylic acids is 1. The zero-order valence-electron chi connectivity index (χ0n) is 32.5. The molecule has 59 heavy (non-hydrogen) atoms. The van der Waals surface area contributed by atoms with Crippen molar-refractivity contribution in [3.63, 3.8) is 0 Å².